The van der Waals surface area contributed by atoms with Gasteiger partial charge in [-0.25, -0.2) is 19.4 Å². The predicted octanol–water partition coefficient (Wildman–Crippen LogP) is 3.76. The number of rotatable bonds is 6. The predicted molar refractivity (Wildman–Crippen MR) is 145 cm³/mol. The van der Waals surface area contributed by atoms with E-state index in [1.807, 2.05) is 37.2 Å². The topological polar surface area (TPSA) is 155 Å². The van der Waals surface area contributed by atoms with E-state index in [0.29, 0.717) is 60.1 Å². The molecule has 1 amide bonds. The molecule has 1 aliphatic heterocycles. The zero-order chi connectivity index (χ0) is 28.4. The Hall–Kier alpha value is -3.85. The second kappa shape index (κ2) is 11.1. The van der Waals surface area contributed by atoms with Crippen LogP contribution in [0.15, 0.2) is 10.8 Å². The van der Waals surface area contributed by atoms with Crippen molar-refractivity contribution >= 4 is 22.9 Å². The van der Waals surface area contributed by atoms with Crippen molar-refractivity contribution in [3.05, 3.63) is 11.9 Å². The minimum Gasteiger partial charge on any atom is -0.490 e. The minimum absolute atomic E-state index is 0.0154. The van der Waals surface area contributed by atoms with Crippen molar-refractivity contribution in [1.29, 1.82) is 0 Å². The van der Waals surface area contributed by atoms with Crippen LogP contribution in [0.2, 0.25) is 0 Å². The van der Waals surface area contributed by atoms with Gasteiger partial charge in [0, 0.05) is 25.6 Å². The van der Waals surface area contributed by atoms with Gasteiger partial charge in [-0.3, -0.25) is 0 Å². The number of carbonyl (C=O) groups is 1. The molecule has 12 nitrogen and oxygen atoms in total. The number of likely N-dealkylation sites (tertiary alicyclic amines) is 1. The number of imidazole rings is 1. The number of aryl methyl sites for hydroxylation is 1. The maximum atomic E-state index is 12.8. The van der Waals surface area contributed by atoms with Gasteiger partial charge in [0.05, 0.1) is 12.8 Å². The van der Waals surface area contributed by atoms with Gasteiger partial charge in [-0.05, 0) is 77.0 Å². The fourth-order valence-electron chi connectivity index (χ4n) is 4.53. The molecule has 1 saturated heterocycles. The van der Waals surface area contributed by atoms with E-state index in [4.69, 9.17) is 24.8 Å². The van der Waals surface area contributed by atoms with Crippen LogP contribution in [0.25, 0.3) is 22.6 Å². The third-order valence-electron chi connectivity index (χ3n) is 6.23. The lowest BCUT2D eigenvalue weighted by molar-refractivity contribution is 0.00743. The number of pyridine rings is 1. The van der Waals surface area contributed by atoms with Crippen LogP contribution < -0.4 is 10.5 Å². The van der Waals surface area contributed by atoms with Gasteiger partial charge in [0.15, 0.2) is 23.1 Å². The lowest BCUT2D eigenvalue weighted by Gasteiger charge is -2.36. The smallest absolute Gasteiger partial charge is 0.410 e. The number of hydrogen-bond donors (Lipinski definition) is 2. The fourth-order valence-corrected chi connectivity index (χ4v) is 4.53. The summed E-state index contributed by atoms with van der Waals surface area (Å²) in [6.07, 6.45) is 4.82. The number of nitrogens with zero attached hydrogens (tertiary/aromatic N) is 6. The largest absolute Gasteiger partial charge is 0.490 e. The summed E-state index contributed by atoms with van der Waals surface area (Å²) in [4.78, 5) is 23.9. The monoisotopic (exact) mass is 539 g/mol. The average molecular weight is 540 g/mol. The number of fused-ring (bicyclic) bond motifs is 1. The number of aromatic nitrogens is 5. The molecule has 0 bridgehead atoms. The highest BCUT2D eigenvalue weighted by atomic mass is 16.6. The van der Waals surface area contributed by atoms with Gasteiger partial charge >= 0.3 is 6.09 Å². The van der Waals surface area contributed by atoms with Crippen molar-refractivity contribution in [1.82, 2.24) is 29.7 Å². The van der Waals surface area contributed by atoms with Crippen molar-refractivity contribution < 1.29 is 24.0 Å². The molecule has 1 atom stereocenters. The highest BCUT2D eigenvalue weighted by Crippen LogP contribution is 2.33. The number of hydrogen-bond acceptors (Lipinski definition) is 10. The van der Waals surface area contributed by atoms with E-state index in [0.717, 1.165) is 19.3 Å². The molecule has 3 aromatic heterocycles. The van der Waals surface area contributed by atoms with Crippen LogP contribution in [0.1, 0.15) is 72.9 Å². The quantitative estimate of drug-likeness (QED) is 0.442. The summed E-state index contributed by atoms with van der Waals surface area (Å²) in [7, 11) is 0. The first kappa shape index (κ1) is 28.2. The Bertz CT molecular complexity index is 1390. The molecule has 210 valence electrons. The van der Waals surface area contributed by atoms with E-state index in [1.54, 1.807) is 20.0 Å². The Morgan fingerprint density at radius 2 is 2.03 bits per heavy atom. The standard InChI is InChI=1S/C27H37N7O5/c1-7-33-22-19(37-15-12-17-10-8-9-14-34(17)25(35)38-26(2,3)4)16-29-18(11-13-27(5,6)36)20(22)30-24(33)21-23(28)32-39-31-21/h16-17,36H,7-10,12,14-15H2,1-6H3,(H2,28,32)/t17-/m0/s1. The van der Waals surface area contributed by atoms with Crippen LogP contribution in [-0.2, 0) is 11.3 Å². The molecule has 3 aromatic rings. The Balaban J connectivity index is 1.65. The van der Waals surface area contributed by atoms with Crippen LogP contribution in [0.5, 0.6) is 5.75 Å². The summed E-state index contributed by atoms with van der Waals surface area (Å²) >= 11 is 0. The first-order chi connectivity index (χ1) is 18.4. The summed E-state index contributed by atoms with van der Waals surface area (Å²) in [6.45, 7) is 12.3. The van der Waals surface area contributed by atoms with Gasteiger partial charge < -0.3 is 29.8 Å². The molecule has 0 saturated carbocycles. The van der Waals surface area contributed by atoms with E-state index in [-0.39, 0.29) is 18.0 Å². The molecule has 4 heterocycles. The summed E-state index contributed by atoms with van der Waals surface area (Å²) in [5.74, 6) is 6.79. The third-order valence-corrected chi connectivity index (χ3v) is 6.23. The lowest BCUT2D eigenvalue weighted by Crippen LogP contribution is -2.46. The molecule has 0 aromatic carbocycles. The SMILES string of the molecule is CCn1c(-c2nonc2N)nc2c(C#CC(C)(C)O)ncc(OCC[C@@H]3CCCCN3C(=O)OC(C)(C)C)c21. The highest BCUT2D eigenvalue weighted by molar-refractivity contribution is 5.89. The Labute approximate surface area is 227 Å². The highest BCUT2D eigenvalue weighted by Gasteiger charge is 2.30. The van der Waals surface area contributed by atoms with E-state index < -0.39 is 11.2 Å². The second-order valence-corrected chi connectivity index (χ2v) is 11.1. The first-order valence-corrected chi connectivity index (χ1v) is 13.2. The molecule has 4 rings (SSSR count). The third kappa shape index (κ3) is 6.60. The van der Waals surface area contributed by atoms with Gasteiger partial charge in [0.25, 0.3) is 0 Å². The number of nitrogens with two attached hydrogens (primary N) is 1. The van der Waals surface area contributed by atoms with Crippen LogP contribution in [0, 0.1) is 11.8 Å². The Morgan fingerprint density at radius 1 is 1.26 bits per heavy atom. The molecule has 0 spiro atoms. The van der Waals surface area contributed by atoms with Gasteiger partial charge in [-0.1, -0.05) is 5.92 Å². The average Bonchev–Trinajstić information content (AvgIpc) is 3.45. The minimum atomic E-state index is -1.21. The Morgan fingerprint density at radius 3 is 2.67 bits per heavy atom. The van der Waals surface area contributed by atoms with Crippen LogP contribution in [0.4, 0.5) is 10.6 Å². The number of aliphatic hydroxyl groups is 1. The molecule has 1 fully saturated rings. The Kier molecular flexibility index (Phi) is 8.02. The summed E-state index contributed by atoms with van der Waals surface area (Å²) in [5, 5.41) is 17.7. The number of anilines is 1. The summed E-state index contributed by atoms with van der Waals surface area (Å²) in [5.41, 5.74) is 6.04. The van der Waals surface area contributed by atoms with E-state index >= 15 is 0 Å². The van der Waals surface area contributed by atoms with Crippen molar-refractivity contribution in [2.24, 2.45) is 0 Å². The molecular formula is C27H37N7O5. The molecule has 0 unspecified atom stereocenters. The number of carbonyl (C=O) groups excluding carboxylic acids is 1. The van der Waals surface area contributed by atoms with Gasteiger partial charge in [0.1, 0.15) is 27.9 Å². The zero-order valence-electron chi connectivity index (χ0n) is 23.4. The molecule has 3 N–H and O–H groups in total. The van der Waals surface area contributed by atoms with Gasteiger partial charge in [-0.2, -0.15) is 0 Å². The van der Waals surface area contributed by atoms with Crippen molar-refractivity contribution in [3.8, 4) is 29.1 Å². The fraction of sp³-hybridized carbons (Fsp3) is 0.593. The lowest BCUT2D eigenvalue weighted by atomic mass is 10.0. The number of amides is 1. The van der Waals surface area contributed by atoms with E-state index in [1.165, 1.54) is 0 Å². The summed E-state index contributed by atoms with van der Waals surface area (Å²) in [6, 6.07) is 0.0154. The molecule has 0 aliphatic carbocycles. The number of piperidine rings is 1. The maximum absolute atomic E-state index is 12.8. The number of ether oxygens (including phenoxy) is 2. The molecule has 1 aliphatic rings. The molecule has 12 heteroatoms. The first-order valence-electron chi connectivity index (χ1n) is 13.2. The normalized spacial score (nSPS) is 16.2. The van der Waals surface area contributed by atoms with Gasteiger partial charge in [0.2, 0.25) is 0 Å². The van der Waals surface area contributed by atoms with Crippen LogP contribution in [-0.4, -0.2) is 71.3 Å². The molecule has 39 heavy (non-hydrogen) atoms. The van der Waals surface area contributed by atoms with Crippen LogP contribution >= 0.6 is 0 Å². The van der Waals surface area contributed by atoms with Gasteiger partial charge in [-0.15, -0.1) is 0 Å². The van der Waals surface area contributed by atoms with Crippen molar-refractivity contribution in [3.63, 3.8) is 0 Å². The van der Waals surface area contributed by atoms with E-state index in [2.05, 4.69) is 27.1 Å². The maximum Gasteiger partial charge on any atom is 0.410 e. The zero-order valence-corrected chi connectivity index (χ0v) is 23.4. The van der Waals surface area contributed by atoms with Crippen molar-refractivity contribution in [2.75, 3.05) is 18.9 Å². The molecule has 0 radical (unpaired) electrons. The summed E-state index contributed by atoms with van der Waals surface area (Å²) < 4.78 is 18.6. The number of nitrogen functional groups attached to an aromatic ring is 1. The second-order valence-electron chi connectivity index (χ2n) is 11.1. The van der Waals surface area contributed by atoms with Crippen molar-refractivity contribution in [2.45, 2.75) is 91.0 Å². The molecular weight excluding hydrogens is 502 g/mol. The van der Waals surface area contributed by atoms with Crippen LogP contribution in [0.3, 0.4) is 0 Å². The van der Waals surface area contributed by atoms with E-state index in [9.17, 15) is 9.90 Å².